The van der Waals surface area contributed by atoms with Gasteiger partial charge in [-0.25, -0.2) is 4.98 Å². The number of halogens is 1. The predicted octanol–water partition coefficient (Wildman–Crippen LogP) is 2.21. The number of rotatable bonds is 4. The summed E-state index contributed by atoms with van der Waals surface area (Å²) in [5.74, 6) is 1.02. The molecular weight excluding hydrogens is 262 g/mol. The molecule has 0 radical (unpaired) electrons. The zero-order valence-corrected chi connectivity index (χ0v) is 11.8. The van der Waals surface area contributed by atoms with Gasteiger partial charge in [0.15, 0.2) is 0 Å². The maximum atomic E-state index is 6.23. The molecule has 1 aromatic rings. The number of hydrogen-bond donors (Lipinski definition) is 1. The van der Waals surface area contributed by atoms with Crippen LogP contribution >= 0.6 is 11.6 Å². The third-order valence-electron chi connectivity index (χ3n) is 3.63. The average Bonchev–Trinajstić information content (AvgIpc) is 3.25. The highest BCUT2D eigenvalue weighted by atomic mass is 35.5. The van der Waals surface area contributed by atoms with Gasteiger partial charge in [0.25, 0.3) is 0 Å². The van der Waals surface area contributed by atoms with Crippen molar-refractivity contribution in [2.24, 2.45) is 0 Å². The van der Waals surface area contributed by atoms with E-state index in [0.29, 0.717) is 6.04 Å². The van der Waals surface area contributed by atoms with Crippen LogP contribution in [0.15, 0.2) is 12.3 Å². The second kappa shape index (κ2) is 6.07. The molecule has 0 amide bonds. The Morgan fingerprint density at radius 1 is 1.37 bits per heavy atom. The lowest BCUT2D eigenvalue weighted by Crippen LogP contribution is -2.27. The van der Waals surface area contributed by atoms with Crippen molar-refractivity contribution in [3.8, 4) is 0 Å². The minimum atomic E-state index is 0.694. The molecule has 0 bridgehead atoms. The zero-order valence-electron chi connectivity index (χ0n) is 11.1. The number of anilines is 1. The van der Waals surface area contributed by atoms with Gasteiger partial charge in [-0.15, -0.1) is 0 Å². The first-order valence-corrected chi connectivity index (χ1v) is 7.41. The van der Waals surface area contributed by atoms with Crippen LogP contribution in [0.2, 0.25) is 5.02 Å². The number of nitrogens with one attached hydrogen (secondary N) is 1. The molecule has 1 aromatic heterocycles. The molecule has 4 nitrogen and oxygen atoms in total. The first kappa shape index (κ1) is 13.2. The summed E-state index contributed by atoms with van der Waals surface area (Å²) in [7, 11) is 0. The minimum Gasteiger partial charge on any atom is -0.380 e. The smallest absolute Gasteiger partial charge is 0.128 e. The van der Waals surface area contributed by atoms with E-state index in [1.54, 1.807) is 6.20 Å². The molecule has 0 aromatic carbocycles. The van der Waals surface area contributed by atoms with Crippen molar-refractivity contribution in [1.29, 1.82) is 0 Å². The normalized spacial score (nSPS) is 20.4. The minimum absolute atomic E-state index is 0.694. The number of nitrogens with zero attached hydrogens (tertiary/aromatic N) is 2. The Labute approximate surface area is 119 Å². The second-order valence-electron chi connectivity index (χ2n) is 5.24. The van der Waals surface area contributed by atoms with Crippen molar-refractivity contribution in [2.45, 2.75) is 31.8 Å². The quantitative estimate of drug-likeness (QED) is 0.918. The Morgan fingerprint density at radius 2 is 2.26 bits per heavy atom. The van der Waals surface area contributed by atoms with Crippen LogP contribution in [0.1, 0.15) is 24.8 Å². The van der Waals surface area contributed by atoms with Crippen molar-refractivity contribution in [1.82, 2.24) is 10.3 Å². The summed E-state index contributed by atoms with van der Waals surface area (Å²) in [6, 6.07) is 2.81. The van der Waals surface area contributed by atoms with Gasteiger partial charge in [0.05, 0.1) is 11.6 Å². The van der Waals surface area contributed by atoms with Crippen molar-refractivity contribution in [2.75, 3.05) is 31.2 Å². The molecule has 19 heavy (non-hydrogen) atoms. The molecule has 5 heteroatoms. The van der Waals surface area contributed by atoms with Gasteiger partial charge in [-0.1, -0.05) is 11.6 Å². The van der Waals surface area contributed by atoms with Crippen LogP contribution in [0.3, 0.4) is 0 Å². The molecule has 0 unspecified atom stereocenters. The van der Waals surface area contributed by atoms with E-state index in [1.807, 2.05) is 0 Å². The molecule has 3 rings (SSSR count). The highest BCUT2D eigenvalue weighted by Crippen LogP contribution is 2.24. The van der Waals surface area contributed by atoms with Gasteiger partial charge in [-0.2, -0.15) is 0 Å². The largest absolute Gasteiger partial charge is 0.380 e. The van der Waals surface area contributed by atoms with Crippen molar-refractivity contribution < 1.29 is 4.74 Å². The third-order valence-corrected chi connectivity index (χ3v) is 3.97. The average molecular weight is 282 g/mol. The van der Waals surface area contributed by atoms with E-state index in [-0.39, 0.29) is 0 Å². The van der Waals surface area contributed by atoms with Gasteiger partial charge in [0.2, 0.25) is 0 Å². The standard InChI is InChI=1S/C14H20ClN3O/c15-13-10-17-14(18-4-1-6-19-7-5-18)8-11(13)9-16-12-2-3-12/h8,10,12,16H,1-7,9H2. The van der Waals surface area contributed by atoms with E-state index in [2.05, 4.69) is 21.3 Å². The number of ether oxygens (including phenoxy) is 1. The van der Waals surface area contributed by atoms with Gasteiger partial charge >= 0.3 is 0 Å². The summed E-state index contributed by atoms with van der Waals surface area (Å²) in [4.78, 5) is 6.74. The second-order valence-corrected chi connectivity index (χ2v) is 5.65. The summed E-state index contributed by atoms with van der Waals surface area (Å²) < 4.78 is 5.48. The topological polar surface area (TPSA) is 37.4 Å². The van der Waals surface area contributed by atoms with Crippen LogP contribution in [0.4, 0.5) is 5.82 Å². The molecule has 1 N–H and O–H groups in total. The van der Waals surface area contributed by atoms with Gasteiger partial charge < -0.3 is 15.0 Å². The molecule has 104 valence electrons. The van der Waals surface area contributed by atoms with E-state index in [1.165, 1.54) is 12.8 Å². The maximum Gasteiger partial charge on any atom is 0.128 e. The monoisotopic (exact) mass is 281 g/mol. The van der Waals surface area contributed by atoms with E-state index in [4.69, 9.17) is 16.3 Å². The first-order valence-electron chi connectivity index (χ1n) is 7.03. The third kappa shape index (κ3) is 3.59. The lowest BCUT2D eigenvalue weighted by atomic mass is 10.2. The molecule has 2 fully saturated rings. The van der Waals surface area contributed by atoms with Gasteiger partial charge in [-0.05, 0) is 30.9 Å². The molecule has 2 heterocycles. The summed E-state index contributed by atoms with van der Waals surface area (Å²) in [6.07, 6.45) is 5.41. The highest BCUT2D eigenvalue weighted by molar-refractivity contribution is 6.31. The molecule has 1 aliphatic heterocycles. The summed E-state index contributed by atoms with van der Waals surface area (Å²) in [5.41, 5.74) is 1.14. The number of pyridine rings is 1. The van der Waals surface area contributed by atoms with Crippen LogP contribution in [0.5, 0.6) is 0 Å². The predicted molar refractivity (Wildman–Crippen MR) is 76.8 cm³/mol. The van der Waals surface area contributed by atoms with Gasteiger partial charge in [-0.3, -0.25) is 0 Å². The van der Waals surface area contributed by atoms with Gasteiger partial charge in [0, 0.05) is 38.5 Å². The van der Waals surface area contributed by atoms with E-state index >= 15 is 0 Å². The number of aromatic nitrogens is 1. The summed E-state index contributed by atoms with van der Waals surface area (Å²) in [5, 5.41) is 4.25. The molecule has 1 saturated heterocycles. The zero-order chi connectivity index (χ0) is 13.1. The fraction of sp³-hybridized carbons (Fsp3) is 0.643. The Balaban J connectivity index is 1.70. The van der Waals surface area contributed by atoms with Crippen LogP contribution in [0.25, 0.3) is 0 Å². The Bertz CT molecular complexity index is 429. The molecular formula is C14H20ClN3O. The molecule has 0 spiro atoms. The number of hydrogen-bond acceptors (Lipinski definition) is 4. The van der Waals surface area contributed by atoms with Crippen LogP contribution in [-0.4, -0.2) is 37.3 Å². The molecule has 0 atom stereocenters. The Morgan fingerprint density at radius 3 is 3.11 bits per heavy atom. The summed E-state index contributed by atoms with van der Waals surface area (Å²) in [6.45, 7) is 4.37. The maximum absolute atomic E-state index is 6.23. The fourth-order valence-corrected chi connectivity index (χ4v) is 2.46. The first-order chi connectivity index (χ1) is 9.33. The van der Waals surface area contributed by atoms with Crippen molar-refractivity contribution in [3.63, 3.8) is 0 Å². The van der Waals surface area contributed by atoms with E-state index in [0.717, 1.165) is 55.7 Å². The lowest BCUT2D eigenvalue weighted by molar-refractivity contribution is 0.152. The fourth-order valence-electron chi connectivity index (χ4n) is 2.29. The highest BCUT2D eigenvalue weighted by Gasteiger charge is 2.21. The summed E-state index contributed by atoms with van der Waals surface area (Å²) >= 11 is 6.23. The Kier molecular flexibility index (Phi) is 4.21. The SMILES string of the molecule is Clc1cnc(N2CCCOCC2)cc1CNC1CC1. The van der Waals surface area contributed by atoms with Crippen molar-refractivity contribution >= 4 is 17.4 Å². The molecule has 1 saturated carbocycles. The van der Waals surface area contributed by atoms with Crippen LogP contribution in [0, 0.1) is 0 Å². The van der Waals surface area contributed by atoms with Gasteiger partial charge in [0.1, 0.15) is 5.82 Å². The molecule has 2 aliphatic rings. The van der Waals surface area contributed by atoms with Crippen molar-refractivity contribution in [3.05, 3.63) is 22.8 Å². The lowest BCUT2D eigenvalue weighted by Gasteiger charge is -2.21. The van der Waals surface area contributed by atoms with Crippen LogP contribution in [-0.2, 0) is 11.3 Å². The van der Waals surface area contributed by atoms with E-state index < -0.39 is 0 Å². The van der Waals surface area contributed by atoms with Crippen LogP contribution < -0.4 is 10.2 Å². The Hall–Kier alpha value is -0.840. The van der Waals surface area contributed by atoms with E-state index in [9.17, 15) is 0 Å². The molecule has 1 aliphatic carbocycles.